The highest BCUT2D eigenvalue weighted by Crippen LogP contribution is 2.18. The quantitative estimate of drug-likeness (QED) is 0.627. The first kappa shape index (κ1) is 9.23. The molecule has 3 heteroatoms. The average molecular weight is 169 g/mol. The van der Waals surface area contributed by atoms with Gasteiger partial charge in [0, 0.05) is 5.92 Å². The van der Waals surface area contributed by atoms with Gasteiger partial charge in [0.15, 0.2) is 0 Å². The Morgan fingerprint density at radius 1 is 1.58 bits per heavy atom. The van der Waals surface area contributed by atoms with E-state index in [1.54, 1.807) is 0 Å². The maximum absolute atomic E-state index is 11.4. The normalized spacial score (nSPS) is 20.6. The molecule has 68 valence electrons. The van der Waals surface area contributed by atoms with Crippen LogP contribution in [0.4, 0.5) is 0 Å². The summed E-state index contributed by atoms with van der Waals surface area (Å²) in [6.45, 7) is 8.11. The molecule has 0 radical (unpaired) electrons. The Hall–Kier alpha value is -0.860. The third kappa shape index (κ3) is 1.84. The largest absolute Gasteiger partial charge is 0.473 e. The van der Waals surface area contributed by atoms with Crippen molar-refractivity contribution in [2.24, 2.45) is 10.9 Å². The van der Waals surface area contributed by atoms with Gasteiger partial charge in [0.25, 0.3) is 5.90 Å². The topological polar surface area (TPSA) is 38.7 Å². The summed E-state index contributed by atoms with van der Waals surface area (Å²) < 4.78 is 5.19. The summed E-state index contributed by atoms with van der Waals surface area (Å²) in [5.74, 6) is 0.272. The number of ketones is 1. The first-order valence-corrected chi connectivity index (χ1v) is 4.19. The Morgan fingerprint density at radius 3 is 2.50 bits per heavy atom. The van der Waals surface area contributed by atoms with Crippen LogP contribution < -0.4 is 0 Å². The monoisotopic (exact) mass is 169 g/mol. The molecule has 0 spiro atoms. The number of ether oxygens (including phenoxy) is 1. The molecule has 0 saturated carbocycles. The Balaban J connectivity index is 2.73. The van der Waals surface area contributed by atoms with E-state index in [0.717, 1.165) is 0 Å². The lowest BCUT2D eigenvalue weighted by Gasteiger charge is -2.07. The molecule has 0 saturated heterocycles. The van der Waals surface area contributed by atoms with E-state index in [1.165, 1.54) is 0 Å². The zero-order valence-corrected chi connectivity index (χ0v) is 8.05. The van der Waals surface area contributed by atoms with Crippen molar-refractivity contribution in [3.63, 3.8) is 0 Å². The lowest BCUT2D eigenvalue weighted by atomic mass is 10.1. The van der Waals surface area contributed by atoms with Gasteiger partial charge in [0.1, 0.15) is 6.61 Å². The molecule has 1 aliphatic rings. The van der Waals surface area contributed by atoms with Crippen LogP contribution >= 0.6 is 0 Å². The summed E-state index contributed by atoms with van der Waals surface area (Å²) >= 11 is 0. The second-order valence-corrected chi connectivity index (χ2v) is 4.04. The molecule has 0 N–H and O–H groups in total. The molecule has 0 bridgehead atoms. The van der Waals surface area contributed by atoms with Crippen LogP contribution in [0.1, 0.15) is 27.7 Å². The zero-order valence-electron chi connectivity index (χ0n) is 8.05. The molecule has 0 aromatic rings. The third-order valence-corrected chi connectivity index (χ3v) is 1.70. The Bertz CT molecular complexity index is 229. The lowest BCUT2D eigenvalue weighted by Crippen LogP contribution is -2.19. The molecule has 1 rings (SSSR count). The molecule has 0 aliphatic carbocycles. The van der Waals surface area contributed by atoms with Crippen LogP contribution in [0.5, 0.6) is 0 Å². The van der Waals surface area contributed by atoms with Gasteiger partial charge in [0.05, 0.1) is 5.54 Å². The fourth-order valence-electron chi connectivity index (χ4n) is 0.958. The van der Waals surface area contributed by atoms with E-state index in [2.05, 4.69) is 4.99 Å². The number of rotatable bonds is 2. The van der Waals surface area contributed by atoms with Crippen LogP contribution in [0, 0.1) is 5.92 Å². The predicted molar refractivity (Wildman–Crippen MR) is 47.3 cm³/mol. The van der Waals surface area contributed by atoms with Crippen LogP contribution in [0.2, 0.25) is 0 Å². The van der Waals surface area contributed by atoms with E-state index >= 15 is 0 Å². The fourth-order valence-corrected chi connectivity index (χ4v) is 0.958. The van der Waals surface area contributed by atoms with Gasteiger partial charge in [0.2, 0.25) is 5.78 Å². The minimum absolute atomic E-state index is 0.000532. The van der Waals surface area contributed by atoms with Gasteiger partial charge in [-0.2, -0.15) is 0 Å². The minimum atomic E-state index is -0.222. The van der Waals surface area contributed by atoms with Gasteiger partial charge in [-0.3, -0.25) is 4.79 Å². The predicted octanol–water partition coefficient (Wildman–Crippen LogP) is 1.42. The maximum Gasteiger partial charge on any atom is 0.254 e. The molecule has 1 aliphatic heterocycles. The standard InChI is InChI=1S/C9H15NO2/c1-6(2)7(11)8-10-9(3,4)5-12-8/h6H,5H2,1-4H3. The maximum atomic E-state index is 11.4. The molecular weight excluding hydrogens is 154 g/mol. The van der Waals surface area contributed by atoms with E-state index in [1.807, 2.05) is 27.7 Å². The number of hydrogen-bond acceptors (Lipinski definition) is 3. The summed E-state index contributed by atoms with van der Waals surface area (Å²) in [7, 11) is 0. The molecule has 0 fully saturated rings. The van der Waals surface area contributed by atoms with E-state index in [4.69, 9.17) is 4.74 Å². The summed E-state index contributed by atoms with van der Waals surface area (Å²) in [6, 6.07) is 0. The first-order chi connectivity index (χ1) is 5.42. The van der Waals surface area contributed by atoms with Crippen LogP contribution in [-0.4, -0.2) is 23.8 Å². The van der Waals surface area contributed by atoms with Crippen molar-refractivity contribution in [1.82, 2.24) is 0 Å². The second-order valence-electron chi connectivity index (χ2n) is 4.04. The average Bonchev–Trinajstić information content (AvgIpc) is 2.28. The van der Waals surface area contributed by atoms with Gasteiger partial charge >= 0.3 is 0 Å². The first-order valence-electron chi connectivity index (χ1n) is 4.19. The Morgan fingerprint density at radius 2 is 2.17 bits per heavy atom. The number of nitrogens with zero attached hydrogens (tertiary/aromatic N) is 1. The van der Waals surface area contributed by atoms with Crippen LogP contribution in [0.15, 0.2) is 4.99 Å². The van der Waals surface area contributed by atoms with Gasteiger partial charge < -0.3 is 4.74 Å². The molecule has 0 aromatic carbocycles. The number of aliphatic imine (C=N–C) groups is 1. The van der Waals surface area contributed by atoms with Gasteiger partial charge in [-0.05, 0) is 13.8 Å². The molecule has 0 amide bonds. The summed E-state index contributed by atoms with van der Waals surface area (Å²) in [6.07, 6.45) is 0. The van der Waals surface area contributed by atoms with Crippen LogP contribution in [-0.2, 0) is 9.53 Å². The smallest absolute Gasteiger partial charge is 0.254 e. The minimum Gasteiger partial charge on any atom is -0.473 e. The van der Waals surface area contributed by atoms with Crippen molar-refractivity contribution < 1.29 is 9.53 Å². The van der Waals surface area contributed by atoms with Gasteiger partial charge in [-0.1, -0.05) is 13.8 Å². The Labute approximate surface area is 72.8 Å². The fraction of sp³-hybridized carbons (Fsp3) is 0.778. The number of carbonyl (C=O) groups excluding carboxylic acids is 1. The molecule has 0 aromatic heterocycles. The second kappa shape index (κ2) is 2.88. The Kier molecular flexibility index (Phi) is 2.22. The molecule has 0 unspecified atom stereocenters. The number of carbonyl (C=O) groups is 1. The summed E-state index contributed by atoms with van der Waals surface area (Å²) in [5.41, 5.74) is -0.222. The van der Waals surface area contributed by atoms with E-state index < -0.39 is 0 Å². The lowest BCUT2D eigenvalue weighted by molar-refractivity contribution is -0.116. The van der Waals surface area contributed by atoms with Crippen LogP contribution in [0.25, 0.3) is 0 Å². The van der Waals surface area contributed by atoms with Crippen molar-refractivity contribution in [2.75, 3.05) is 6.61 Å². The number of Topliss-reactive ketones (excluding diaryl/α,β-unsaturated/α-hetero) is 1. The van der Waals surface area contributed by atoms with Crippen molar-refractivity contribution in [3.05, 3.63) is 0 Å². The molecule has 12 heavy (non-hydrogen) atoms. The van der Waals surface area contributed by atoms with Crippen molar-refractivity contribution >= 4 is 11.7 Å². The SMILES string of the molecule is CC(C)C(=O)C1=NC(C)(C)CO1. The van der Waals surface area contributed by atoms with E-state index in [-0.39, 0.29) is 17.2 Å². The number of hydrogen-bond donors (Lipinski definition) is 0. The van der Waals surface area contributed by atoms with Gasteiger partial charge in [-0.25, -0.2) is 4.99 Å². The van der Waals surface area contributed by atoms with Crippen molar-refractivity contribution in [3.8, 4) is 0 Å². The molecule has 1 heterocycles. The van der Waals surface area contributed by atoms with Crippen molar-refractivity contribution in [2.45, 2.75) is 33.2 Å². The van der Waals surface area contributed by atoms with E-state index in [0.29, 0.717) is 12.5 Å². The molecular formula is C9H15NO2. The van der Waals surface area contributed by atoms with Gasteiger partial charge in [-0.15, -0.1) is 0 Å². The molecule has 0 atom stereocenters. The third-order valence-electron chi connectivity index (χ3n) is 1.70. The highest BCUT2D eigenvalue weighted by atomic mass is 16.5. The highest BCUT2D eigenvalue weighted by molar-refractivity contribution is 6.37. The van der Waals surface area contributed by atoms with Crippen molar-refractivity contribution in [1.29, 1.82) is 0 Å². The summed E-state index contributed by atoms with van der Waals surface area (Å²) in [5, 5.41) is 0. The van der Waals surface area contributed by atoms with Crippen LogP contribution in [0.3, 0.4) is 0 Å². The molecule has 3 nitrogen and oxygen atoms in total. The van der Waals surface area contributed by atoms with E-state index in [9.17, 15) is 4.79 Å². The highest BCUT2D eigenvalue weighted by Gasteiger charge is 2.30. The summed E-state index contributed by atoms with van der Waals surface area (Å²) in [4.78, 5) is 15.6. The zero-order chi connectivity index (χ0) is 9.35.